The molecule has 1 amide bonds. The number of likely N-dealkylation sites (tertiary alicyclic amines) is 1. The maximum Gasteiger partial charge on any atom is 0.269 e. The molecule has 5 aromatic rings. The summed E-state index contributed by atoms with van der Waals surface area (Å²) in [6.07, 6.45) is 3.45. The van der Waals surface area contributed by atoms with Crippen molar-refractivity contribution in [2.24, 2.45) is 0 Å². The van der Waals surface area contributed by atoms with Crippen molar-refractivity contribution in [3.05, 3.63) is 90.1 Å². The average Bonchev–Trinajstić information content (AvgIpc) is 3.63. The first-order valence-corrected chi connectivity index (χ1v) is 13.9. The van der Waals surface area contributed by atoms with Crippen molar-refractivity contribution in [3.63, 3.8) is 0 Å². The minimum atomic E-state index is -3.86. The number of amides is 1. The number of nitrogens with zero attached hydrogens (tertiary/aromatic N) is 4. The molecule has 186 valence electrons. The van der Waals surface area contributed by atoms with Crippen LogP contribution >= 0.6 is 11.3 Å². The molecule has 1 N–H and O–H groups in total. The maximum atomic E-state index is 13.4. The van der Waals surface area contributed by atoms with E-state index < -0.39 is 15.6 Å². The summed E-state index contributed by atoms with van der Waals surface area (Å²) in [5, 5.41) is 14.3. The second-order valence-electron chi connectivity index (χ2n) is 8.99. The van der Waals surface area contributed by atoms with Gasteiger partial charge in [-0.25, -0.2) is 22.4 Å². The monoisotopic (exact) mass is 530 g/mol. The molecule has 10 heteroatoms. The lowest BCUT2D eigenvalue weighted by Crippen LogP contribution is -2.36. The Kier molecular flexibility index (Phi) is 5.48. The molecular weight excluding hydrogens is 508 g/mol. The van der Waals surface area contributed by atoms with E-state index in [1.165, 1.54) is 20.2 Å². The molecule has 0 aliphatic carbocycles. The highest BCUT2D eigenvalue weighted by atomic mass is 32.2. The number of carbonyl (C=O) groups excluding carboxylic acids is 1. The predicted molar refractivity (Wildman–Crippen MR) is 141 cm³/mol. The molecule has 0 spiro atoms. The number of thiazole rings is 1. The molecule has 3 aromatic heterocycles. The molecule has 8 nitrogen and oxygen atoms in total. The summed E-state index contributed by atoms with van der Waals surface area (Å²) in [5.74, 6) is -0.315. The quantitative estimate of drug-likeness (QED) is 0.367. The van der Waals surface area contributed by atoms with Gasteiger partial charge in [0.2, 0.25) is 0 Å². The van der Waals surface area contributed by atoms with Crippen molar-refractivity contribution in [1.29, 1.82) is 0 Å². The van der Waals surface area contributed by atoms with Crippen molar-refractivity contribution in [3.8, 4) is 21.8 Å². The van der Waals surface area contributed by atoms with Crippen LogP contribution in [0.3, 0.4) is 0 Å². The van der Waals surface area contributed by atoms with Crippen LogP contribution in [0.1, 0.15) is 12.0 Å². The highest BCUT2D eigenvalue weighted by Crippen LogP contribution is 2.38. The number of carbonyl (C=O) groups is 1. The molecular formula is C27H22N4O4S2. The van der Waals surface area contributed by atoms with Gasteiger partial charge in [0.15, 0.2) is 11.2 Å². The Bertz CT molecular complexity index is 1760. The van der Waals surface area contributed by atoms with Gasteiger partial charge in [-0.05, 0) is 35.9 Å². The number of hydrogen-bond donors (Lipinski definition) is 1. The molecule has 1 saturated heterocycles. The van der Waals surface area contributed by atoms with Gasteiger partial charge in [0.05, 0.1) is 10.6 Å². The lowest BCUT2D eigenvalue weighted by atomic mass is 9.91. The molecule has 6 rings (SSSR count). The summed E-state index contributed by atoms with van der Waals surface area (Å²) in [4.78, 5) is 23.4. The largest absolute Gasteiger partial charge is 0.375 e. The molecule has 1 aliphatic heterocycles. The van der Waals surface area contributed by atoms with Crippen LogP contribution in [-0.2, 0) is 20.4 Å². The summed E-state index contributed by atoms with van der Waals surface area (Å²) in [7, 11) is -2.18. The second-order valence-corrected chi connectivity index (χ2v) is 11.7. The number of fused-ring (bicyclic) bond motifs is 1. The van der Waals surface area contributed by atoms with Gasteiger partial charge in [-0.1, -0.05) is 36.4 Å². The van der Waals surface area contributed by atoms with Gasteiger partial charge in [-0.15, -0.1) is 11.3 Å². The first-order valence-electron chi connectivity index (χ1n) is 11.6. The number of pyridine rings is 1. The van der Waals surface area contributed by atoms with E-state index in [1.807, 2.05) is 17.5 Å². The summed E-state index contributed by atoms with van der Waals surface area (Å²) in [6, 6.07) is 19.1. The summed E-state index contributed by atoms with van der Waals surface area (Å²) >= 11 is 1.40. The summed E-state index contributed by atoms with van der Waals surface area (Å²) in [6.45, 7) is 0.491. The van der Waals surface area contributed by atoms with Gasteiger partial charge in [0, 0.05) is 54.3 Å². The summed E-state index contributed by atoms with van der Waals surface area (Å²) in [5.41, 5.74) is 1.34. The molecule has 2 aromatic carbocycles. The number of aromatic nitrogens is 3. The van der Waals surface area contributed by atoms with Crippen molar-refractivity contribution >= 4 is 38.3 Å². The van der Waals surface area contributed by atoms with Gasteiger partial charge < -0.3 is 10.0 Å². The Morgan fingerprint density at radius 1 is 1.05 bits per heavy atom. The third-order valence-electron chi connectivity index (χ3n) is 6.71. The molecule has 0 bridgehead atoms. The van der Waals surface area contributed by atoms with Gasteiger partial charge in [0.25, 0.3) is 15.9 Å². The molecule has 1 fully saturated rings. The standard InChI is InChI=1S/C27H22N4O4S2/c1-30-14-12-27(33,26(30)32)19-8-5-7-18(15-19)25-29-23(17-36-25)22-16-31(24-21(22)11-6-13-28-24)37(34,35)20-9-3-2-4-10-20/h2-11,13,15-17,33H,12,14H2,1H3. The minimum absolute atomic E-state index is 0.171. The lowest BCUT2D eigenvalue weighted by Gasteiger charge is -2.21. The van der Waals surface area contributed by atoms with Gasteiger partial charge >= 0.3 is 0 Å². The van der Waals surface area contributed by atoms with Gasteiger partial charge in [0.1, 0.15) is 5.01 Å². The molecule has 1 atom stereocenters. The topological polar surface area (TPSA) is 105 Å². The zero-order valence-corrected chi connectivity index (χ0v) is 21.4. The third kappa shape index (κ3) is 3.76. The molecule has 1 unspecified atom stereocenters. The normalized spacial score (nSPS) is 18.1. The molecule has 4 heterocycles. The van der Waals surface area contributed by atoms with Crippen LogP contribution in [-0.4, -0.2) is 51.9 Å². The molecule has 0 saturated carbocycles. The Morgan fingerprint density at radius 2 is 1.86 bits per heavy atom. The zero-order chi connectivity index (χ0) is 25.8. The fraction of sp³-hybridized carbons (Fsp3) is 0.148. The van der Waals surface area contributed by atoms with Crippen molar-refractivity contribution < 1.29 is 18.3 Å². The van der Waals surface area contributed by atoms with E-state index >= 15 is 0 Å². The Morgan fingerprint density at radius 3 is 2.62 bits per heavy atom. The van der Waals surface area contributed by atoms with Gasteiger partial charge in [-0.2, -0.15) is 0 Å². The number of rotatable bonds is 5. The van der Waals surface area contributed by atoms with Crippen molar-refractivity contribution in [2.75, 3.05) is 13.6 Å². The fourth-order valence-electron chi connectivity index (χ4n) is 4.69. The van der Waals surface area contributed by atoms with E-state index in [2.05, 4.69) is 4.98 Å². The number of likely N-dealkylation sites (N-methyl/N-ethyl adjacent to an activating group) is 1. The van der Waals surface area contributed by atoms with Crippen LogP contribution in [0.2, 0.25) is 0 Å². The van der Waals surface area contributed by atoms with E-state index in [1.54, 1.807) is 74.0 Å². The van der Waals surface area contributed by atoms with E-state index in [9.17, 15) is 18.3 Å². The van der Waals surface area contributed by atoms with Gasteiger partial charge in [-0.3, -0.25) is 4.79 Å². The first-order chi connectivity index (χ1) is 17.8. The Hall–Kier alpha value is -3.86. The van der Waals surface area contributed by atoms with Crippen LogP contribution in [0, 0.1) is 0 Å². The van der Waals surface area contributed by atoms with Crippen molar-refractivity contribution in [1.82, 2.24) is 18.8 Å². The zero-order valence-electron chi connectivity index (χ0n) is 19.8. The lowest BCUT2D eigenvalue weighted by molar-refractivity contribution is -0.143. The number of aliphatic hydroxyl groups is 1. The highest BCUT2D eigenvalue weighted by molar-refractivity contribution is 7.90. The van der Waals surface area contributed by atoms with Crippen molar-refractivity contribution in [2.45, 2.75) is 16.9 Å². The summed E-state index contributed by atoms with van der Waals surface area (Å²) < 4.78 is 28.0. The predicted octanol–water partition coefficient (Wildman–Crippen LogP) is 4.11. The Balaban J connectivity index is 1.42. The molecule has 0 radical (unpaired) electrons. The highest BCUT2D eigenvalue weighted by Gasteiger charge is 2.45. The smallest absolute Gasteiger partial charge is 0.269 e. The number of hydrogen-bond acceptors (Lipinski definition) is 7. The molecule has 37 heavy (non-hydrogen) atoms. The average molecular weight is 531 g/mol. The van der Waals surface area contributed by atoms with Crippen LogP contribution in [0.4, 0.5) is 0 Å². The second kappa shape index (κ2) is 8.62. The van der Waals surface area contributed by atoms with E-state index in [0.29, 0.717) is 45.8 Å². The van der Waals surface area contributed by atoms with E-state index in [4.69, 9.17) is 4.98 Å². The van der Waals surface area contributed by atoms with E-state index in [0.717, 1.165) is 5.56 Å². The fourth-order valence-corrected chi connectivity index (χ4v) is 6.85. The third-order valence-corrected chi connectivity index (χ3v) is 9.26. The minimum Gasteiger partial charge on any atom is -0.375 e. The van der Waals surface area contributed by atoms with Crippen LogP contribution in [0.25, 0.3) is 32.9 Å². The van der Waals surface area contributed by atoms with Crippen LogP contribution < -0.4 is 0 Å². The van der Waals surface area contributed by atoms with Crippen LogP contribution in [0.15, 0.2) is 89.4 Å². The maximum absolute atomic E-state index is 13.4. The Labute approximate surface area is 217 Å². The number of benzene rings is 2. The molecule has 1 aliphatic rings. The van der Waals surface area contributed by atoms with E-state index in [-0.39, 0.29) is 10.8 Å². The van der Waals surface area contributed by atoms with Crippen LogP contribution in [0.5, 0.6) is 0 Å². The first kappa shape index (κ1) is 23.5. The SMILES string of the molecule is CN1CCC(O)(c2cccc(-c3nc(-c4cn(S(=O)(=O)c5ccccc5)c5ncccc45)cs3)c2)C1=O.